The summed E-state index contributed by atoms with van der Waals surface area (Å²) in [6.07, 6.45) is 3.28. The molecule has 1 N–H and O–H groups in total. The summed E-state index contributed by atoms with van der Waals surface area (Å²) in [5.74, 6) is 6.47. The number of rotatable bonds is 3. The maximum absolute atomic E-state index is 13.2. The first kappa shape index (κ1) is 17.5. The van der Waals surface area contributed by atoms with Crippen LogP contribution in [0.5, 0.6) is 0 Å². The van der Waals surface area contributed by atoms with E-state index in [1.807, 2.05) is 6.07 Å². The third-order valence-corrected chi connectivity index (χ3v) is 4.63. The van der Waals surface area contributed by atoms with E-state index in [2.05, 4.69) is 37.0 Å². The summed E-state index contributed by atoms with van der Waals surface area (Å²) in [4.78, 5) is 28.3. The van der Waals surface area contributed by atoms with E-state index in [9.17, 15) is 4.79 Å². The van der Waals surface area contributed by atoms with Crippen molar-refractivity contribution in [1.29, 1.82) is 0 Å². The zero-order valence-corrected chi connectivity index (χ0v) is 15.6. The molecule has 27 heavy (non-hydrogen) atoms. The molecular weight excluding hydrogens is 366 g/mol. The Bertz CT molecular complexity index is 1090. The monoisotopic (exact) mass is 383 g/mol. The summed E-state index contributed by atoms with van der Waals surface area (Å²) >= 11 is 6.24. The number of hydrogen-bond donors (Lipinski definition) is 1. The fraction of sp³-hybridized carbons (Fsp3) is 0.333. The molecule has 3 aromatic heterocycles. The van der Waals surface area contributed by atoms with Crippen LogP contribution in [0.3, 0.4) is 0 Å². The summed E-state index contributed by atoms with van der Waals surface area (Å²) in [7, 11) is 0. The molecule has 4 rings (SSSR count). The number of anilines is 1. The molecule has 9 heteroatoms. The molecule has 1 saturated heterocycles. The first-order valence-electron chi connectivity index (χ1n) is 8.65. The zero-order chi connectivity index (χ0) is 18.8. The average Bonchev–Trinajstić information content (AvgIpc) is 2.98. The smallest absolute Gasteiger partial charge is 0.335 e. The van der Waals surface area contributed by atoms with Crippen LogP contribution >= 0.6 is 11.6 Å². The van der Waals surface area contributed by atoms with Crippen molar-refractivity contribution in [1.82, 2.24) is 29.4 Å². The molecule has 0 atom stereocenters. The molecule has 0 aromatic carbocycles. The highest BCUT2D eigenvalue weighted by Crippen LogP contribution is 2.27. The van der Waals surface area contributed by atoms with Crippen molar-refractivity contribution in [2.45, 2.75) is 13.5 Å². The second-order valence-electron chi connectivity index (χ2n) is 6.07. The third-order valence-electron chi connectivity index (χ3n) is 4.46. The molecule has 138 valence electrons. The fourth-order valence-electron chi connectivity index (χ4n) is 3.23. The summed E-state index contributed by atoms with van der Waals surface area (Å²) in [5, 5.41) is 3.42. The number of halogens is 1. The summed E-state index contributed by atoms with van der Waals surface area (Å²) in [6.45, 7) is 5.22. The zero-order valence-electron chi connectivity index (χ0n) is 14.8. The number of nitrogens with one attached hydrogen (secondary N) is 1. The van der Waals surface area contributed by atoms with Crippen LogP contribution in [-0.2, 0) is 6.54 Å². The molecule has 1 aliphatic heterocycles. The Balaban J connectivity index is 2.04. The number of hydrogen-bond acceptors (Lipinski definition) is 6. The van der Waals surface area contributed by atoms with Crippen LogP contribution in [0.2, 0.25) is 5.28 Å². The number of piperazine rings is 1. The predicted octanol–water partition coefficient (Wildman–Crippen LogP) is 1.06. The van der Waals surface area contributed by atoms with Crippen LogP contribution in [0.1, 0.15) is 6.92 Å². The Hall–Kier alpha value is -2.89. The highest BCUT2D eigenvalue weighted by Gasteiger charge is 2.24. The van der Waals surface area contributed by atoms with Crippen molar-refractivity contribution in [2.75, 3.05) is 31.1 Å². The normalized spacial score (nSPS) is 14.2. The van der Waals surface area contributed by atoms with Gasteiger partial charge in [0.25, 0.3) is 0 Å². The lowest BCUT2D eigenvalue weighted by Gasteiger charge is -2.28. The predicted molar refractivity (Wildman–Crippen MR) is 104 cm³/mol. The van der Waals surface area contributed by atoms with Gasteiger partial charge in [-0.1, -0.05) is 5.92 Å². The largest absolute Gasteiger partial charge is 0.352 e. The van der Waals surface area contributed by atoms with Crippen molar-refractivity contribution in [2.24, 2.45) is 0 Å². The Kier molecular flexibility index (Phi) is 4.79. The van der Waals surface area contributed by atoms with Crippen molar-refractivity contribution in [3.05, 3.63) is 40.3 Å². The van der Waals surface area contributed by atoms with Crippen LogP contribution in [0.15, 0.2) is 29.3 Å². The molecule has 0 radical (unpaired) electrons. The first-order valence-corrected chi connectivity index (χ1v) is 9.03. The van der Waals surface area contributed by atoms with Crippen LogP contribution < -0.4 is 15.9 Å². The number of fused-ring (bicyclic) bond motifs is 1. The highest BCUT2D eigenvalue weighted by atomic mass is 35.5. The Morgan fingerprint density at radius 2 is 2.11 bits per heavy atom. The van der Waals surface area contributed by atoms with Gasteiger partial charge in [-0.3, -0.25) is 9.55 Å². The second-order valence-corrected chi connectivity index (χ2v) is 6.41. The Labute approximate surface area is 160 Å². The third kappa shape index (κ3) is 3.16. The number of pyridine rings is 1. The lowest BCUT2D eigenvalue weighted by Crippen LogP contribution is -2.44. The van der Waals surface area contributed by atoms with Crippen molar-refractivity contribution < 1.29 is 0 Å². The van der Waals surface area contributed by atoms with Crippen LogP contribution in [0.25, 0.3) is 16.9 Å². The minimum absolute atomic E-state index is 0.104. The Morgan fingerprint density at radius 1 is 1.30 bits per heavy atom. The van der Waals surface area contributed by atoms with Gasteiger partial charge in [-0.2, -0.15) is 9.97 Å². The van der Waals surface area contributed by atoms with Crippen LogP contribution in [0.4, 0.5) is 5.82 Å². The van der Waals surface area contributed by atoms with E-state index in [0.717, 1.165) is 26.2 Å². The van der Waals surface area contributed by atoms with E-state index in [1.165, 1.54) is 4.57 Å². The molecule has 0 spiro atoms. The van der Waals surface area contributed by atoms with Gasteiger partial charge in [-0.15, -0.1) is 5.92 Å². The maximum atomic E-state index is 13.2. The van der Waals surface area contributed by atoms with Crippen molar-refractivity contribution in [3.8, 4) is 17.5 Å². The molecule has 0 unspecified atom stereocenters. The standard InChI is InChI=1S/C18H18ClN7O/c1-2-3-9-25-14-15(24-10-7-20-8-11-24)22-17(19)23-16(14)26(18(25)27)13-5-4-6-21-12-13/h4-6,12,20H,7-11H2,1H3. The van der Waals surface area contributed by atoms with Gasteiger partial charge in [0.05, 0.1) is 18.4 Å². The van der Waals surface area contributed by atoms with Crippen LogP contribution in [-0.4, -0.2) is 50.3 Å². The first-order chi connectivity index (χ1) is 13.2. The topological polar surface area (TPSA) is 80.9 Å². The van der Waals surface area contributed by atoms with Crippen molar-refractivity contribution in [3.63, 3.8) is 0 Å². The molecule has 4 heterocycles. The van der Waals surface area contributed by atoms with E-state index in [1.54, 1.807) is 30.0 Å². The van der Waals surface area contributed by atoms with Gasteiger partial charge >= 0.3 is 5.69 Å². The summed E-state index contributed by atoms with van der Waals surface area (Å²) < 4.78 is 3.12. The number of imidazole rings is 1. The maximum Gasteiger partial charge on any atom is 0.335 e. The summed E-state index contributed by atoms with van der Waals surface area (Å²) in [5.41, 5.74) is 1.47. The fourth-order valence-corrected chi connectivity index (χ4v) is 3.39. The van der Waals surface area contributed by atoms with Gasteiger partial charge in [-0.25, -0.2) is 9.36 Å². The number of aromatic nitrogens is 5. The van der Waals surface area contributed by atoms with Gasteiger partial charge in [0.15, 0.2) is 11.5 Å². The summed E-state index contributed by atoms with van der Waals surface area (Å²) in [6, 6.07) is 3.58. The van der Waals surface area contributed by atoms with Gasteiger partial charge < -0.3 is 10.2 Å². The van der Waals surface area contributed by atoms with Gasteiger partial charge in [0.1, 0.15) is 5.52 Å². The van der Waals surface area contributed by atoms with Gasteiger partial charge in [0, 0.05) is 32.4 Å². The lowest BCUT2D eigenvalue weighted by molar-refractivity contribution is 0.585. The van der Waals surface area contributed by atoms with E-state index in [-0.39, 0.29) is 17.5 Å². The molecule has 0 amide bonds. The number of nitrogens with zero attached hydrogens (tertiary/aromatic N) is 6. The molecule has 0 saturated carbocycles. The minimum atomic E-state index is -0.242. The van der Waals surface area contributed by atoms with E-state index in [4.69, 9.17) is 11.6 Å². The van der Waals surface area contributed by atoms with E-state index in [0.29, 0.717) is 22.7 Å². The van der Waals surface area contributed by atoms with E-state index < -0.39 is 0 Å². The molecule has 1 fully saturated rings. The minimum Gasteiger partial charge on any atom is -0.352 e. The lowest BCUT2D eigenvalue weighted by atomic mass is 10.3. The second kappa shape index (κ2) is 7.39. The molecule has 0 aliphatic carbocycles. The molecule has 3 aromatic rings. The molecule has 0 bridgehead atoms. The molecular formula is C18H18ClN7O. The quantitative estimate of drug-likeness (QED) is 0.538. The highest BCUT2D eigenvalue weighted by molar-refractivity contribution is 6.28. The van der Waals surface area contributed by atoms with E-state index >= 15 is 0 Å². The Morgan fingerprint density at radius 3 is 2.81 bits per heavy atom. The van der Waals surface area contributed by atoms with Gasteiger partial charge in [-0.05, 0) is 30.7 Å². The van der Waals surface area contributed by atoms with Gasteiger partial charge in [0.2, 0.25) is 5.28 Å². The average molecular weight is 384 g/mol. The molecule has 8 nitrogen and oxygen atoms in total. The van der Waals surface area contributed by atoms with Crippen LogP contribution in [0, 0.1) is 11.8 Å². The van der Waals surface area contributed by atoms with Crippen molar-refractivity contribution >= 4 is 28.6 Å². The molecule has 1 aliphatic rings. The SMILES string of the molecule is CC#CCn1c(=O)n(-c2cccnc2)c2nc(Cl)nc(N3CCNCC3)c21.